The first kappa shape index (κ1) is 35.0. The van der Waals surface area contributed by atoms with Crippen molar-refractivity contribution >= 4 is 44.3 Å². The Morgan fingerprint density at radius 2 is 0.650 bits per heavy atom. The minimum Gasteiger partial charge on any atom is -0.263 e. The van der Waals surface area contributed by atoms with Crippen molar-refractivity contribution in [2.75, 3.05) is 0 Å². The Balaban J connectivity index is 1.05. The number of rotatable bonds is 6. The molecule has 4 aromatic heterocycles. The summed E-state index contributed by atoms with van der Waals surface area (Å²) in [6.45, 7) is 0. The average molecular weight is 767 g/mol. The number of hydrogen-bond acceptors (Lipinski definition) is 6. The van der Waals surface area contributed by atoms with Crippen LogP contribution >= 0.6 is 0 Å². The maximum Gasteiger partial charge on any atom is 0.0803 e. The maximum atomic E-state index is 5.60. The molecule has 6 heteroatoms. The number of hydrogen-bond donors (Lipinski definition) is 0. The van der Waals surface area contributed by atoms with Gasteiger partial charge in [-0.2, -0.15) is 0 Å². The van der Waals surface area contributed by atoms with Gasteiger partial charge in [-0.3, -0.25) is 19.9 Å². The molecule has 6 aromatic carbocycles. The minimum atomic E-state index is 0.855. The van der Waals surface area contributed by atoms with Gasteiger partial charge in [0.25, 0.3) is 0 Å². The lowest BCUT2D eigenvalue weighted by Crippen LogP contribution is -2.10. The molecule has 0 aliphatic carbocycles. The summed E-state index contributed by atoms with van der Waals surface area (Å²) < 4.78 is 0. The van der Waals surface area contributed by atoms with Crippen LogP contribution < -0.4 is 0 Å². The Morgan fingerprint density at radius 1 is 0.283 bits per heavy atom. The van der Waals surface area contributed by atoms with Gasteiger partial charge in [0.05, 0.1) is 34.2 Å². The van der Waals surface area contributed by atoms with Crippen LogP contribution in [-0.4, -0.2) is 31.4 Å². The summed E-state index contributed by atoms with van der Waals surface area (Å²) in [6.07, 6.45) is 11.1. The van der Waals surface area contributed by atoms with Crippen LogP contribution in [0.15, 0.2) is 217 Å². The Labute approximate surface area is 347 Å². The van der Waals surface area contributed by atoms with Crippen molar-refractivity contribution in [2.24, 2.45) is 9.98 Å². The van der Waals surface area contributed by atoms with Crippen LogP contribution in [0.1, 0.15) is 22.3 Å². The molecule has 0 fully saturated rings. The average Bonchev–Trinajstić information content (AvgIpc) is 3.32. The van der Waals surface area contributed by atoms with Gasteiger partial charge in [0, 0.05) is 81.7 Å². The lowest BCUT2D eigenvalue weighted by atomic mass is 9.92. The molecule has 0 bridgehead atoms. The van der Waals surface area contributed by atoms with Gasteiger partial charge in [-0.15, -0.1) is 0 Å². The topological polar surface area (TPSA) is 76.3 Å². The third kappa shape index (κ3) is 6.62. The van der Waals surface area contributed by atoms with Gasteiger partial charge in [0.15, 0.2) is 0 Å². The van der Waals surface area contributed by atoms with Crippen LogP contribution in [0, 0.1) is 0 Å². The summed E-state index contributed by atoms with van der Waals surface area (Å²) in [6, 6.07) is 59.1. The van der Waals surface area contributed by atoms with E-state index in [0.29, 0.717) is 0 Å². The quantitative estimate of drug-likeness (QED) is 0.169. The highest BCUT2D eigenvalue weighted by atomic mass is 14.8. The SMILES string of the molecule is c1ccc(-c2cncc(-c3ccc(/C4=N/c5cc6ccccc6cc5/C(c5ccc(-c6cncc(-c7ccccn7)c6)cc5)=N\c5cc6ccccc6cc54)cc3)c2)nc1. The fraction of sp³-hybridized carbons (Fsp3) is 0. The number of pyridine rings is 4. The second-order valence-corrected chi connectivity index (χ2v) is 14.9. The van der Waals surface area contributed by atoms with Gasteiger partial charge in [-0.1, -0.05) is 109 Å². The van der Waals surface area contributed by atoms with Gasteiger partial charge < -0.3 is 0 Å². The van der Waals surface area contributed by atoms with Crippen molar-refractivity contribution in [3.63, 3.8) is 0 Å². The summed E-state index contributed by atoms with van der Waals surface area (Å²) in [5.74, 6) is 0. The second-order valence-electron chi connectivity index (χ2n) is 14.9. The van der Waals surface area contributed by atoms with Gasteiger partial charge in [0.1, 0.15) is 0 Å². The fourth-order valence-corrected chi connectivity index (χ4v) is 8.01. The monoisotopic (exact) mass is 766 g/mol. The van der Waals surface area contributed by atoms with E-state index < -0.39 is 0 Å². The van der Waals surface area contributed by atoms with Crippen LogP contribution in [0.3, 0.4) is 0 Å². The molecule has 0 saturated heterocycles. The standard InChI is InChI=1S/C54H34N6/c1-3-11-41-29-51-47(27-39(41)9-1)53(37-19-15-35(16-20-37)43-25-45(33-55-31-43)49-13-5-7-23-57-49)60-52-30-42-12-4-2-10-40(42)28-48(52)54(59-51)38-21-17-36(18-22-38)44-26-46(34-56-32-44)50-14-6-8-24-58-50/h1-34H/b53-47?,54-48?,59-51?,59-54-,60-52?,60-53-. The van der Waals surface area contributed by atoms with Gasteiger partial charge in [-0.05, 0) is 93.3 Å². The summed E-state index contributed by atoms with van der Waals surface area (Å²) in [7, 11) is 0. The summed E-state index contributed by atoms with van der Waals surface area (Å²) >= 11 is 0. The minimum absolute atomic E-state index is 0.855. The molecule has 1 aliphatic rings. The molecule has 280 valence electrons. The number of fused-ring (bicyclic) bond motifs is 4. The first-order valence-electron chi connectivity index (χ1n) is 19.9. The molecule has 0 atom stereocenters. The van der Waals surface area contributed by atoms with Crippen molar-refractivity contribution in [3.8, 4) is 44.8 Å². The van der Waals surface area contributed by atoms with Crippen molar-refractivity contribution in [1.29, 1.82) is 0 Å². The van der Waals surface area contributed by atoms with Crippen LogP contribution in [0.5, 0.6) is 0 Å². The van der Waals surface area contributed by atoms with E-state index in [9.17, 15) is 0 Å². The lowest BCUT2D eigenvalue weighted by Gasteiger charge is -2.20. The molecule has 0 saturated carbocycles. The highest BCUT2D eigenvalue weighted by molar-refractivity contribution is 6.24. The highest BCUT2D eigenvalue weighted by Crippen LogP contribution is 2.38. The van der Waals surface area contributed by atoms with Crippen molar-refractivity contribution in [3.05, 3.63) is 229 Å². The lowest BCUT2D eigenvalue weighted by molar-refractivity contribution is 1.28. The van der Waals surface area contributed by atoms with Crippen LogP contribution in [0.25, 0.3) is 66.3 Å². The zero-order valence-corrected chi connectivity index (χ0v) is 32.3. The zero-order valence-electron chi connectivity index (χ0n) is 32.3. The normalized spacial score (nSPS) is 13.9. The summed E-state index contributed by atoms with van der Waals surface area (Å²) in [4.78, 5) is 29.4. The smallest absolute Gasteiger partial charge is 0.0803 e. The highest BCUT2D eigenvalue weighted by Gasteiger charge is 2.22. The predicted molar refractivity (Wildman–Crippen MR) is 244 cm³/mol. The van der Waals surface area contributed by atoms with E-state index in [1.807, 2.05) is 61.2 Å². The first-order valence-corrected chi connectivity index (χ1v) is 19.9. The number of aliphatic imine (C=N–C) groups is 2. The van der Waals surface area contributed by atoms with E-state index in [2.05, 4.69) is 153 Å². The Kier molecular flexibility index (Phi) is 8.71. The van der Waals surface area contributed by atoms with Crippen molar-refractivity contribution < 1.29 is 0 Å². The van der Waals surface area contributed by atoms with Crippen molar-refractivity contribution in [2.45, 2.75) is 0 Å². The molecule has 0 unspecified atom stereocenters. The Morgan fingerprint density at radius 3 is 1.05 bits per heavy atom. The predicted octanol–water partition coefficient (Wildman–Crippen LogP) is 12.9. The summed E-state index contributed by atoms with van der Waals surface area (Å²) in [5, 5.41) is 4.48. The molecule has 0 radical (unpaired) electrons. The molecule has 0 amide bonds. The Hall–Kier alpha value is -8.22. The van der Waals surface area contributed by atoms with E-state index in [1.54, 1.807) is 12.4 Å². The molecular formula is C54H34N6. The number of benzene rings is 6. The van der Waals surface area contributed by atoms with Crippen molar-refractivity contribution in [1.82, 2.24) is 19.9 Å². The van der Waals surface area contributed by atoms with E-state index in [4.69, 9.17) is 9.98 Å². The molecular weight excluding hydrogens is 733 g/mol. The third-order valence-electron chi connectivity index (χ3n) is 11.1. The Bertz CT molecular complexity index is 3060. The molecule has 1 aliphatic heterocycles. The van der Waals surface area contributed by atoms with E-state index >= 15 is 0 Å². The van der Waals surface area contributed by atoms with E-state index in [0.717, 1.165) is 111 Å². The maximum absolute atomic E-state index is 5.60. The van der Waals surface area contributed by atoms with Crippen LogP contribution in [0.2, 0.25) is 0 Å². The largest absolute Gasteiger partial charge is 0.263 e. The fourth-order valence-electron chi connectivity index (χ4n) is 8.01. The molecule has 5 heterocycles. The van der Waals surface area contributed by atoms with Gasteiger partial charge >= 0.3 is 0 Å². The molecule has 6 nitrogen and oxygen atoms in total. The third-order valence-corrected chi connectivity index (χ3v) is 11.1. The van der Waals surface area contributed by atoms with Gasteiger partial charge in [0.2, 0.25) is 0 Å². The number of aromatic nitrogens is 4. The molecule has 0 N–H and O–H groups in total. The molecule has 10 aromatic rings. The number of nitrogens with zero attached hydrogens (tertiary/aromatic N) is 6. The molecule has 11 rings (SSSR count). The van der Waals surface area contributed by atoms with Gasteiger partial charge in [-0.25, -0.2) is 9.98 Å². The van der Waals surface area contributed by atoms with E-state index in [1.165, 1.54) is 0 Å². The molecule has 60 heavy (non-hydrogen) atoms. The van der Waals surface area contributed by atoms with Crippen LogP contribution in [0.4, 0.5) is 11.4 Å². The first-order chi connectivity index (χ1) is 29.7. The molecule has 0 spiro atoms. The summed E-state index contributed by atoms with van der Waals surface area (Å²) in [5.41, 5.74) is 15.2. The van der Waals surface area contributed by atoms with Crippen LogP contribution in [-0.2, 0) is 0 Å². The zero-order chi connectivity index (χ0) is 39.8. The van der Waals surface area contributed by atoms with E-state index in [-0.39, 0.29) is 0 Å². The second kappa shape index (κ2) is 14.9.